The van der Waals surface area contributed by atoms with Crippen molar-refractivity contribution < 1.29 is 14.3 Å². The number of amides is 1. The van der Waals surface area contributed by atoms with Crippen LogP contribution in [0.15, 0.2) is 54.6 Å². The van der Waals surface area contributed by atoms with Crippen molar-refractivity contribution in [2.24, 2.45) is 5.73 Å². The second kappa shape index (κ2) is 5.29. The zero-order chi connectivity index (χ0) is 19.8. The lowest BCUT2D eigenvalue weighted by atomic mass is 9.82. The maximum absolute atomic E-state index is 12.6. The maximum Gasteiger partial charge on any atom is 0.315 e. The fourth-order valence-electron chi connectivity index (χ4n) is 4.41. The van der Waals surface area contributed by atoms with Crippen LogP contribution in [-0.2, 0) is 10.3 Å². The van der Waals surface area contributed by atoms with Crippen molar-refractivity contribution in [3.8, 4) is 5.88 Å². The molecule has 1 unspecified atom stereocenters. The highest BCUT2D eigenvalue weighted by molar-refractivity contribution is 6.03. The first-order valence-electron chi connectivity index (χ1n) is 9.18. The van der Waals surface area contributed by atoms with Crippen LogP contribution in [0.2, 0.25) is 0 Å². The lowest BCUT2D eigenvalue weighted by Crippen LogP contribution is -2.42. The molecule has 1 atom stereocenters. The zero-order valence-electron chi connectivity index (χ0n) is 15.1. The number of primary amides is 1. The van der Waals surface area contributed by atoms with Gasteiger partial charge in [0, 0.05) is 16.6 Å². The van der Waals surface area contributed by atoms with Gasteiger partial charge in [0.1, 0.15) is 11.2 Å². The molecule has 0 fully saturated rings. The Morgan fingerprint density at radius 3 is 2.72 bits per heavy atom. The molecule has 2 aliphatic rings. The van der Waals surface area contributed by atoms with Crippen LogP contribution >= 0.6 is 0 Å². The quantitative estimate of drug-likeness (QED) is 0.490. The second-order valence-corrected chi connectivity index (χ2v) is 7.34. The van der Waals surface area contributed by atoms with Gasteiger partial charge in [-0.15, -0.1) is 0 Å². The second-order valence-electron chi connectivity index (χ2n) is 7.34. The minimum Gasteiger partial charge on any atom is -0.405 e. The van der Waals surface area contributed by atoms with E-state index in [4.69, 9.17) is 15.5 Å². The predicted octanol–water partition coefficient (Wildman–Crippen LogP) is 2.86. The van der Waals surface area contributed by atoms with E-state index in [2.05, 4.69) is 10.3 Å². The van der Waals surface area contributed by atoms with Crippen LogP contribution < -0.4 is 15.8 Å². The Balaban J connectivity index is 1.65. The molecule has 140 valence electrons. The average Bonchev–Trinajstić information content (AvgIpc) is 3.02. The van der Waals surface area contributed by atoms with E-state index in [0.29, 0.717) is 22.3 Å². The van der Waals surface area contributed by atoms with Crippen molar-refractivity contribution in [2.75, 3.05) is 5.32 Å². The highest BCUT2D eigenvalue weighted by Gasteiger charge is 2.49. The number of carbonyl (C=O) groups is 2. The molecule has 0 saturated heterocycles. The van der Waals surface area contributed by atoms with Crippen molar-refractivity contribution in [1.29, 1.82) is 0 Å². The van der Waals surface area contributed by atoms with E-state index in [0.717, 1.165) is 22.0 Å². The smallest absolute Gasteiger partial charge is 0.315 e. The van der Waals surface area contributed by atoms with E-state index in [-0.39, 0.29) is 12.3 Å². The van der Waals surface area contributed by atoms with E-state index in [1.165, 1.54) is 0 Å². The predicted molar refractivity (Wildman–Crippen MR) is 107 cm³/mol. The summed E-state index contributed by atoms with van der Waals surface area (Å²) in [7, 11) is 0. The molecular formula is C22H14N4O3. The topological polar surface area (TPSA) is 107 Å². The minimum absolute atomic E-state index is 0.105. The van der Waals surface area contributed by atoms with Gasteiger partial charge in [0.2, 0.25) is 11.8 Å². The molecule has 7 heteroatoms. The van der Waals surface area contributed by atoms with Crippen molar-refractivity contribution >= 4 is 39.4 Å². The number of rotatable bonds is 1. The molecule has 3 N–H and O–H groups in total. The van der Waals surface area contributed by atoms with Gasteiger partial charge in [-0.25, -0.2) is 9.97 Å². The molecule has 1 aromatic heterocycles. The number of aromatic nitrogens is 2. The molecule has 2 aliphatic heterocycles. The van der Waals surface area contributed by atoms with Gasteiger partial charge >= 0.3 is 5.97 Å². The number of hydrogen-bond donors (Lipinski definition) is 2. The van der Waals surface area contributed by atoms with Crippen molar-refractivity contribution in [3.05, 3.63) is 71.4 Å². The third kappa shape index (κ3) is 2.07. The van der Waals surface area contributed by atoms with E-state index < -0.39 is 17.4 Å². The molecular weight excluding hydrogens is 368 g/mol. The number of carbonyl (C=O) groups excluding carboxylic acids is 2. The summed E-state index contributed by atoms with van der Waals surface area (Å²) in [6.07, 6.45) is 0.105. The number of fused-ring (bicyclic) bond motifs is 4. The summed E-state index contributed by atoms with van der Waals surface area (Å²) < 4.78 is 5.45. The van der Waals surface area contributed by atoms with Gasteiger partial charge in [0.05, 0.1) is 17.5 Å². The Kier molecular flexibility index (Phi) is 2.92. The van der Waals surface area contributed by atoms with Gasteiger partial charge < -0.3 is 15.8 Å². The Labute approximate surface area is 164 Å². The lowest BCUT2D eigenvalue weighted by Gasteiger charge is -2.34. The number of nitrogens with one attached hydrogen (secondary N) is 1. The molecule has 1 amide bonds. The summed E-state index contributed by atoms with van der Waals surface area (Å²) in [6, 6.07) is 16.9. The zero-order valence-corrected chi connectivity index (χ0v) is 15.1. The van der Waals surface area contributed by atoms with Crippen LogP contribution in [0.4, 0.5) is 5.69 Å². The van der Waals surface area contributed by atoms with Crippen LogP contribution in [0.25, 0.3) is 21.8 Å². The summed E-state index contributed by atoms with van der Waals surface area (Å²) in [6.45, 7) is 0. The summed E-state index contributed by atoms with van der Waals surface area (Å²) in [5.41, 5.74) is 8.36. The summed E-state index contributed by atoms with van der Waals surface area (Å²) >= 11 is 0. The molecule has 4 aromatic rings. The van der Waals surface area contributed by atoms with Crippen molar-refractivity contribution in [1.82, 2.24) is 9.97 Å². The molecule has 3 heterocycles. The lowest BCUT2D eigenvalue weighted by molar-refractivity contribution is -0.136. The van der Waals surface area contributed by atoms with E-state index in [1.54, 1.807) is 18.2 Å². The Morgan fingerprint density at radius 2 is 1.90 bits per heavy atom. The molecule has 6 rings (SSSR count). The highest BCUT2D eigenvalue weighted by Crippen LogP contribution is 2.51. The number of anilines is 1. The number of nitrogens with zero attached hydrogens (tertiary/aromatic N) is 2. The Hall–Kier alpha value is -4.00. The third-order valence-corrected chi connectivity index (χ3v) is 5.65. The summed E-state index contributed by atoms with van der Waals surface area (Å²) in [5.74, 6) is -0.804. The fraction of sp³-hybridized carbons (Fsp3) is 0.0909. The van der Waals surface area contributed by atoms with Gasteiger partial charge in [-0.1, -0.05) is 30.3 Å². The van der Waals surface area contributed by atoms with Crippen molar-refractivity contribution in [2.45, 2.75) is 12.0 Å². The van der Waals surface area contributed by atoms with Gasteiger partial charge in [-0.3, -0.25) is 9.59 Å². The van der Waals surface area contributed by atoms with E-state index >= 15 is 0 Å². The number of hydrogen-bond acceptors (Lipinski definition) is 6. The normalized spacial score (nSPS) is 19.2. The van der Waals surface area contributed by atoms with Crippen LogP contribution in [0.5, 0.6) is 5.88 Å². The van der Waals surface area contributed by atoms with Crippen LogP contribution in [0, 0.1) is 0 Å². The summed E-state index contributed by atoms with van der Waals surface area (Å²) in [4.78, 5) is 33.4. The van der Waals surface area contributed by atoms with Crippen LogP contribution in [-0.4, -0.2) is 21.8 Å². The molecule has 0 saturated carbocycles. The largest absolute Gasteiger partial charge is 0.405 e. The van der Waals surface area contributed by atoms with Gasteiger partial charge in [-0.2, -0.15) is 0 Å². The van der Waals surface area contributed by atoms with Gasteiger partial charge in [-0.05, 0) is 35.2 Å². The third-order valence-electron chi connectivity index (χ3n) is 5.65. The SMILES string of the molecule is NC(=O)c1ccc2nc3c(nc2c1)OC(=O)CC31Nc2cccc3cccc1c23. The van der Waals surface area contributed by atoms with Crippen LogP contribution in [0.1, 0.15) is 28.0 Å². The van der Waals surface area contributed by atoms with E-state index in [9.17, 15) is 9.59 Å². The number of ether oxygens (including phenoxy) is 1. The Morgan fingerprint density at radius 1 is 1.07 bits per heavy atom. The van der Waals surface area contributed by atoms with E-state index in [1.807, 2.05) is 36.4 Å². The molecule has 0 aliphatic carbocycles. The average molecular weight is 382 g/mol. The first kappa shape index (κ1) is 16.0. The standard InChI is InChI=1S/C22H14N4O3/c23-20(28)12-7-8-14-16(9-12)25-21-19(24-14)22(10-17(27)29-21)13-5-1-3-11-4-2-6-15(26-22)18(11)13/h1-9,26H,10H2,(H2,23,28). The van der Waals surface area contributed by atoms with Crippen LogP contribution in [0.3, 0.4) is 0 Å². The molecule has 29 heavy (non-hydrogen) atoms. The molecule has 3 aromatic carbocycles. The Bertz CT molecular complexity index is 1390. The molecule has 1 spiro atoms. The first-order chi connectivity index (χ1) is 14.0. The maximum atomic E-state index is 12.6. The highest BCUT2D eigenvalue weighted by atomic mass is 16.5. The first-order valence-corrected chi connectivity index (χ1v) is 9.18. The minimum atomic E-state index is -0.850. The van der Waals surface area contributed by atoms with Gasteiger partial charge in [0.25, 0.3) is 0 Å². The molecule has 0 radical (unpaired) electrons. The van der Waals surface area contributed by atoms with Crippen molar-refractivity contribution in [3.63, 3.8) is 0 Å². The molecule has 0 bridgehead atoms. The monoisotopic (exact) mass is 382 g/mol. The summed E-state index contributed by atoms with van der Waals surface area (Å²) in [5, 5.41) is 5.69. The number of benzene rings is 3. The number of nitrogens with two attached hydrogens (primary N) is 1. The fourth-order valence-corrected chi connectivity index (χ4v) is 4.41. The molecule has 7 nitrogen and oxygen atoms in total. The number of esters is 1. The van der Waals surface area contributed by atoms with Gasteiger partial charge in [0.15, 0.2) is 0 Å².